The van der Waals surface area contributed by atoms with Gasteiger partial charge in [0.15, 0.2) is 0 Å². The van der Waals surface area contributed by atoms with E-state index in [0.717, 1.165) is 30.2 Å². The molecule has 3 rings (SSSR count). The Morgan fingerprint density at radius 3 is 2.66 bits per heavy atom. The summed E-state index contributed by atoms with van der Waals surface area (Å²) in [6.07, 6.45) is 2.05. The van der Waals surface area contributed by atoms with Gasteiger partial charge < -0.3 is 9.64 Å². The first-order chi connectivity index (χ1) is 15.1. The predicted octanol–water partition coefficient (Wildman–Crippen LogP) is 3.44. The second-order valence-electron chi connectivity index (χ2n) is 8.16. The van der Waals surface area contributed by atoms with E-state index < -0.39 is 20.9 Å². The lowest BCUT2D eigenvalue weighted by Gasteiger charge is -2.32. The van der Waals surface area contributed by atoms with E-state index in [4.69, 9.17) is 4.74 Å². The average Bonchev–Trinajstić information content (AvgIpc) is 2.77. The fourth-order valence-electron chi connectivity index (χ4n) is 3.71. The van der Waals surface area contributed by atoms with Crippen molar-refractivity contribution in [1.82, 2.24) is 4.31 Å². The third kappa shape index (κ3) is 5.25. The Balaban J connectivity index is 1.76. The number of benzene rings is 2. The highest BCUT2D eigenvalue weighted by molar-refractivity contribution is 7.89. The molecule has 172 valence electrons. The quantitative estimate of drug-likeness (QED) is 0.353. The van der Waals surface area contributed by atoms with Crippen LogP contribution in [0.5, 0.6) is 0 Å². The van der Waals surface area contributed by atoms with E-state index in [1.807, 2.05) is 4.90 Å². The lowest BCUT2D eigenvalue weighted by Crippen LogP contribution is -2.34. The van der Waals surface area contributed by atoms with Gasteiger partial charge in [-0.1, -0.05) is 19.1 Å². The molecule has 1 saturated heterocycles. The normalized spacial score (nSPS) is 16.8. The minimum atomic E-state index is -3.61. The summed E-state index contributed by atoms with van der Waals surface area (Å²) < 4.78 is 31.0. The van der Waals surface area contributed by atoms with E-state index >= 15 is 0 Å². The molecule has 1 atom stereocenters. The minimum absolute atomic E-state index is 0.0718. The van der Waals surface area contributed by atoms with Crippen molar-refractivity contribution in [3.63, 3.8) is 0 Å². The fraction of sp³-hybridized carbons (Fsp3) is 0.409. The third-order valence-electron chi connectivity index (χ3n) is 5.45. The lowest BCUT2D eigenvalue weighted by atomic mass is 9.99. The fourth-order valence-corrected chi connectivity index (χ4v) is 4.68. The van der Waals surface area contributed by atoms with Crippen molar-refractivity contribution < 1.29 is 22.9 Å². The molecule has 0 spiro atoms. The average molecular weight is 462 g/mol. The van der Waals surface area contributed by atoms with E-state index in [1.165, 1.54) is 38.4 Å². The number of carbonyl (C=O) groups excluding carboxylic acids is 1. The van der Waals surface area contributed by atoms with Crippen molar-refractivity contribution in [3.8, 4) is 0 Å². The summed E-state index contributed by atoms with van der Waals surface area (Å²) in [6.45, 7) is 3.43. The largest absolute Gasteiger partial charge is 0.457 e. The van der Waals surface area contributed by atoms with Crippen molar-refractivity contribution in [2.75, 3.05) is 32.1 Å². The topological polar surface area (TPSA) is 110 Å². The maximum Gasteiger partial charge on any atom is 0.338 e. The summed E-state index contributed by atoms with van der Waals surface area (Å²) in [7, 11) is -0.744. The highest BCUT2D eigenvalue weighted by Crippen LogP contribution is 2.32. The summed E-state index contributed by atoms with van der Waals surface area (Å²) in [5, 5.41) is 11.7. The second kappa shape index (κ2) is 9.66. The second-order valence-corrected chi connectivity index (χ2v) is 10.3. The number of esters is 1. The Labute approximate surface area is 187 Å². The third-order valence-corrected chi connectivity index (χ3v) is 7.26. The molecule has 9 nitrogen and oxygen atoms in total. The SMILES string of the molecule is C[C@H]1CCCN(c2ccc(C(=O)OCc3cccc(S(=O)(=O)N(C)C)c3)cc2[N+](=O)[O-])C1. The van der Waals surface area contributed by atoms with Crippen LogP contribution in [0.4, 0.5) is 11.4 Å². The summed E-state index contributed by atoms with van der Waals surface area (Å²) in [4.78, 5) is 25.8. The summed E-state index contributed by atoms with van der Waals surface area (Å²) in [5.41, 5.74) is 0.935. The molecule has 0 unspecified atom stereocenters. The molecule has 0 amide bonds. The number of nitrogens with zero attached hydrogens (tertiary/aromatic N) is 3. The van der Waals surface area contributed by atoms with Crippen LogP contribution < -0.4 is 4.90 Å². The maximum absolute atomic E-state index is 12.5. The Hall–Kier alpha value is -2.98. The number of hydrogen-bond acceptors (Lipinski definition) is 7. The number of nitro groups is 1. The van der Waals surface area contributed by atoms with Gasteiger partial charge in [0.25, 0.3) is 5.69 Å². The van der Waals surface area contributed by atoms with Crippen LogP contribution in [0.2, 0.25) is 0 Å². The van der Waals surface area contributed by atoms with Crippen molar-refractivity contribution in [2.24, 2.45) is 5.92 Å². The maximum atomic E-state index is 12.5. The zero-order chi connectivity index (χ0) is 23.5. The number of ether oxygens (including phenoxy) is 1. The molecule has 0 aliphatic carbocycles. The molecule has 1 aliphatic heterocycles. The van der Waals surface area contributed by atoms with Gasteiger partial charge in [0.1, 0.15) is 12.3 Å². The van der Waals surface area contributed by atoms with E-state index in [-0.39, 0.29) is 22.8 Å². The number of hydrogen-bond donors (Lipinski definition) is 0. The lowest BCUT2D eigenvalue weighted by molar-refractivity contribution is -0.384. The first-order valence-corrected chi connectivity index (χ1v) is 11.8. The molecule has 0 N–H and O–H groups in total. The molecule has 0 aromatic heterocycles. The number of piperidine rings is 1. The molecule has 2 aromatic rings. The molecule has 1 heterocycles. The number of anilines is 1. The Kier molecular flexibility index (Phi) is 7.15. The van der Waals surface area contributed by atoms with Gasteiger partial charge in [-0.05, 0) is 48.6 Å². The van der Waals surface area contributed by atoms with Crippen molar-refractivity contribution in [2.45, 2.75) is 31.3 Å². The Morgan fingerprint density at radius 2 is 2.00 bits per heavy atom. The summed E-state index contributed by atoms with van der Waals surface area (Å²) in [6, 6.07) is 10.5. The van der Waals surface area contributed by atoms with Gasteiger partial charge in [-0.3, -0.25) is 10.1 Å². The van der Waals surface area contributed by atoms with Crippen molar-refractivity contribution in [1.29, 1.82) is 0 Å². The number of sulfonamides is 1. The summed E-state index contributed by atoms with van der Waals surface area (Å²) in [5.74, 6) is -0.271. The van der Waals surface area contributed by atoms with Crippen molar-refractivity contribution in [3.05, 3.63) is 63.7 Å². The molecule has 0 radical (unpaired) electrons. The molecular weight excluding hydrogens is 434 g/mol. The van der Waals surface area contributed by atoms with Gasteiger partial charge in [0, 0.05) is 33.3 Å². The van der Waals surface area contributed by atoms with Gasteiger partial charge in [-0.15, -0.1) is 0 Å². The molecule has 0 saturated carbocycles. The Bertz CT molecular complexity index is 1120. The number of nitro benzene ring substituents is 1. The minimum Gasteiger partial charge on any atom is -0.457 e. The van der Waals surface area contributed by atoms with Gasteiger partial charge in [-0.2, -0.15) is 0 Å². The molecule has 1 aliphatic rings. The first-order valence-electron chi connectivity index (χ1n) is 10.3. The molecule has 1 fully saturated rings. The highest BCUT2D eigenvalue weighted by Gasteiger charge is 2.25. The zero-order valence-corrected chi connectivity index (χ0v) is 19.2. The molecular formula is C22H27N3O6S. The Morgan fingerprint density at radius 1 is 1.25 bits per heavy atom. The molecule has 32 heavy (non-hydrogen) atoms. The van der Waals surface area contributed by atoms with Crippen LogP contribution in [0, 0.1) is 16.0 Å². The molecule has 10 heteroatoms. The van der Waals surface area contributed by atoms with E-state index in [2.05, 4.69) is 6.92 Å². The standard InChI is InChI=1S/C22H27N3O6S/c1-16-6-5-11-24(14-16)20-10-9-18(13-21(20)25(27)28)22(26)31-15-17-7-4-8-19(12-17)32(29,30)23(2)3/h4,7-10,12-13,16H,5-6,11,14-15H2,1-3H3/t16-/m0/s1. The van der Waals surface area contributed by atoms with E-state index in [0.29, 0.717) is 17.2 Å². The molecule has 2 aromatic carbocycles. The van der Waals surface area contributed by atoms with Crippen LogP contribution in [0.15, 0.2) is 47.4 Å². The van der Waals surface area contributed by atoms with Crippen LogP contribution in [-0.2, 0) is 21.4 Å². The van der Waals surface area contributed by atoms with Crippen LogP contribution in [0.3, 0.4) is 0 Å². The van der Waals surface area contributed by atoms with Crippen molar-refractivity contribution >= 4 is 27.4 Å². The summed E-state index contributed by atoms with van der Waals surface area (Å²) >= 11 is 0. The molecule has 0 bridgehead atoms. The van der Waals surface area contributed by atoms with E-state index in [1.54, 1.807) is 18.2 Å². The number of carbonyl (C=O) groups is 1. The monoisotopic (exact) mass is 461 g/mol. The van der Waals surface area contributed by atoms with Crippen LogP contribution in [0.25, 0.3) is 0 Å². The van der Waals surface area contributed by atoms with Gasteiger partial charge >= 0.3 is 5.97 Å². The van der Waals surface area contributed by atoms with Crippen LogP contribution >= 0.6 is 0 Å². The zero-order valence-electron chi connectivity index (χ0n) is 18.4. The van der Waals surface area contributed by atoms with Gasteiger partial charge in [0.05, 0.1) is 15.4 Å². The van der Waals surface area contributed by atoms with Gasteiger partial charge in [-0.25, -0.2) is 17.5 Å². The number of rotatable bonds is 7. The highest BCUT2D eigenvalue weighted by atomic mass is 32.2. The van der Waals surface area contributed by atoms with Gasteiger partial charge in [0.2, 0.25) is 10.0 Å². The first kappa shape index (κ1) is 23.7. The van der Waals surface area contributed by atoms with Crippen LogP contribution in [0.1, 0.15) is 35.7 Å². The van der Waals surface area contributed by atoms with Crippen LogP contribution in [-0.4, -0.2) is 50.8 Å². The predicted molar refractivity (Wildman–Crippen MR) is 120 cm³/mol. The van der Waals surface area contributed by atoms with E-state index in [9.17, 15) is 23.3 Å². The smallest absolute Gasteiger partial charge is 0.338 e.